The highest BCUT2D eigenvalue weighted by molar-refractivity contribution is 5.78. The zero-order chi connectivity index (χ0) is 12.5. The third-order valence-corrected chi connectivity index (χ3v) is 3.81. The summed E-state index contributed by atoms with van der Waals surface area (Å²) in [6.45, 7) is 2.77. The van der Waals surface area contributed by atoms with E-state index in [0.29, 0.717) is 0 Å². The van der Waals surface area contributed by atoms with Crippen molar-refractivity contribution < 1.29 is 9.84 Å². The molecule has 0 amide bonds. The van der Waals surface area contributed by atoms with Gasteiger partial charge in [0.15, 0.2) is 0 Å². The van der Waals surface area contributed by atoms with Gasteiger partial charge in [-0.05, 0) is 31.0 Å². The van der Waals surface area contributed by atoms with E-state index in [1.165, 1.54) is 0 Å². The van der Waals surface area contributed by atoms with Crippen LogP contribution in [0.25, 0.3) is 10.9 Å². The average molecular weight is 243 g/mol. The number of aliphatic hydroxyl groups is 1. The molecule has 3 unspecified atom stereocenters. The van der Waals surface area contributed by atoms with Crippen LogP contribution in [0.1, 0.15) is 25.0 Å². The average Bonchev–Trinajstić information content (AvgIpc) is 2.83. The molecule has 0 bridgehead atoms. The molecule has 1 aliphatic rings. The number of fused-ring (bicyclic) bond motifs is 1. The fourth-order valence-corrected chi connectivity index (χ4v) is 2.68. The van der Waals surface area contributed by atoms with Crippen LogP contribution in [-0.2, 0) is 4.74 Å². The lowest BCUT2D eigenvalue weighted by molar-refractivity contribution is 0.0432. The van der Waals surface area contributed by atoms with Crippen LogP contribution in [0, 0.1) is 5.92 Å². The Kier molecular flexibility index (Phi) is 3.02. The molecular formula is C15H17NO2. The van der Waals surface area contributed by atoms with Gasteiger partial charge in [-0.25, -0.2) is 0 Å². The standard InChI is InChI=1S/C15H17NO2/c1-10-13(6-8-18-10)15(17)12-5-4-11-3-2-7-16-14(11)9-12/h2-5,7,9-10,13,15,17H,6,8H2,1H3. The van der Waals surface area contributed by atoms with Crippen molar-refractivity contribution in [3.05, 3.63) is 42.1 Å². The summed E-state index contributed by atoms with van der Waals surface area (Å²) >= 11 is 0. The van der Waals surface area contributed by atoms with Crippen molar-refractivity contribution in [3.8, 4) is 0 Å². The van der Waals surface area contributed by atoms with Crippen molar-refractivity contribution in [3.63, 3.8) is 0 Å². The molecule has 0 radical (unpaired) electrons. The highest BCUT2D eigenvalue weighted by Crippen LogP contribution is 2.33. The summed E-state index contributed by atoms with van der Waals surface area (Å²) in [5.41, 5.74) is 1.86. The van der Waals surface area contributed by atoms with Gasteiger partial charge in [-0.2, -0.15) is 0 Å². The molecule has 3 rings (SSSR count). The molecule has 1 N–H and O–H groups in total. The summed E-state index contributed by atoms with van der Waals surface area (Å²) in [4.78, 5) is 4.33. The molecule has 1 fully saturated rings. The highest BCUT2D eigenvalue weighted by Gasteiger charge is 2.31. The lowest BCUT2D eigenvalue weighted by Crippen LogP contribution is -2.19. The van der Waals surface area contributed by atoms with Gasteiger partial charge in [-0.1, -0.05) is 18.2 Å². The second kappa shape index (κ2) is 4.67. The van der Waals surface area contributed by atoms with Crippen molar-refractivity contribution in [2.75, 3.05) is 6.61 Å². The van der Waals surface area contributed by atoms with Crippen LogP contribution in [0.4, 0.5) is 0 Å². The van der Waals surface area contributed by atoms with Gasteiger partial charge in [-0.15, -0.1) is 0 Å². The molecule has 3 heteroatoms. The summed E-state index contributed by atoms with van der Waals surface area (Å²) in [7, 11) is 0. The van der Waals surface area contributed by atoms with Gasteiger partial charge in [0.2, 0.25) is 0 Å². The van der Waals surface area contributed by atoms with Crippen molar-refractivity contribution in [2.45, 2.75) is 25.6 Å². The molecule has 0 saturated carbocycles. The lowest BCUT2D eigenvalue weighted by Gasteiger charge is -2.21. The normalized spacial score (nSPS) is 25.4. The second-order valence-electron chi connectivity index (χ2n) is 4.93. The van der Waals surface area contributed by atoms with E-state index in [4.69, 9.17) is 4.74 Å². The molecule has 3 atom stereocenters. The Morgan fingerprint density at radius 1 is 1.39 bits per heavy atom. The number of nitrogens with zero attached hydrogens (tertiary/aromatic N) is 1. The first kappa shape index (κ1) is 11.6. The molecule has 3 nitrogen and oxygen atoms in total. The van der Waals surface area contributed by atoms with Gasteiger partial charge in [0.25, 0.3) is 0 Å². The monoisotopic (exact) mass is 243 g/mol. The van der Waals surface area contributed by atoms with E-state index < -0.39 is 6.10 Å². The van der Waals surface area contributed by atoms with E-state index in [1.807, 2.05) is 37.3 Å². The summed E-state index contributed by atoms with van der Waals surface area (Å²) < 4.78 is 5.52. The second-order valence-corrected chi connectivity index (χ2v) is 4.93. The number of rotatable bonds is 2. The first-order valence-electron chi connectivity index (χ1n) is 6.40. The van der Waals surface area contributed by atoms with Gasteiger partial charge in [0.1, 0.15) is 0 Å². The first-order valence-corrected chi connectivity index (χ1v) is 6.40. The van der Waals surface area contributed by atoms with Gasteiger partial charge < -0.3 is 9.84 Å². The molecule has 1 aromatic carbocycles. The van der Waals surface area contributed by atoms with Gasteiger partial charge in [0, 0.05) is 24.1 Å². The minimum absolute atomic E-state index is 0.124. The molecular weight excluding hydrogens is 226 g/mol. The van der Waals surface area contributed by atoms with Gasteiger partial charge in [0.05, 0.1) is 17.7 Å². The SMILES string of the molecule is CC1OCCC1C(O)c1ccc2cccnc2c1. The molecule has 0 aliphatic carbocycles. The summed E-state index contributed by atoms with van der Waals surface area (Å²) in [6, 6.07) is 9.93. The quantitative estimate of drug-likeness (QED) is 0.881. The Bertz CT molecular complexity index is 555. The Labute approximate surface area is 106 Å². The van der Waals surface area contributed by atoms with Gasteiger partial charge in [-0.3, -0.25) is 4.98 Å². The first-order chi connectivity index (χ1) is 8.75. The number of benzene rings is 1. The van der Waals surface area contributed by atoms with Crippen LogP contribution in [0.3, 0.4) is 0 Å². The number of hydrogen-bond acceptors (Lipinski definition) is 3. The number of ether oxygens (including phenoxy) is 1. The van der Waals surface area contributed by atoms with E-state index >= 15 is 0 Å². The van der Waals surface area contributed by atoms with Crippen LogP contribution in [0.15, 0.2) is 36.5 Å². The Hall–Kier alpha value is -1.45. The maximum atomic E-state index is 10.4. The van der Waals surface area contributed by atoms with E-state index in [-0.39, 0.29) is 12.0 Å². The molecule has 2 heterocycles. The largest absolute Gasteiger partial charge is 0.388 e. The van der Waals surface area contributed by atoms with E-state index in [9.17, 15) is 5.11 Å². The molecule has 0 spiro atoms. The van der Waals surface area contributed by atoms with Crippen molar-refractivity contribution in [1.29, 1.82) is 0 Å². The van der Waals surface area contributed by atoms with Gasteiger partial charge >= 0.3 is 0 Å². The predicted molar refractivity (Wildman–Crippen MR) is 70.2 cm³/mol. The van der Waals surface area contributed by atoms with Crippen molar-refractivity contribution in [1.82, 2.24) is 4.98 Å². The maximum Gasteiger partial charge on any atom is 0.0844 e. The zero-order valence-electron chi connectivity index (χ0n) is 10.4. The summed E-state index contributed by atoms with van der Waals surface area (Å²) in [5, 5.41) is 11.5. The number of pyridine rings is 1. The third-order valence-electron chi connectivity index (χ3n) is 3.81. The number of aromatic nitrogens is 1. The maximum absolute atomic E-state index is 10.4. The molecule has 94 valence electrons. The zero-order valence-corrected chi connectivity index (χ0v) is 10.4. The highest BCUT2D eigenvalue weighted by atomic mass is 16.5. The van der Waals surface area contributed by atoms with Crippen LogP contribution in [0.2, 0.25) is 0 Å². The van der Waals surface area contributed by atoms with E-state index in [1.54, 1.807) is 6.20 Å². The van der Waals surface area contributed by atoms with E-state index in [0.717, 1.165) is 29.5 Å². The topological polar surface area (TPSA) is 42.4 Å². The molecule has 18 heavy (non-hydrogen) atoms. The Morgan fingerprint density at radius 3 is 3.06 bits per heavy atom. The van der Waals surface area contributed by atoms with Crippen LogP contribution < -0.4 is 0 Å². The number of hydrogen-bond donors (Lipinski definition) is 1. The number of aliphatic hydroxyl groups excluding tert-OH is 1. The Morgan fingerprint density at radius 2 is 2.28 bits per heavy atom. The van der Waals surface area contributed by atoms with Crippen molar-refractivity contribution in [2.24, 2.45) is 5.92 Å². The molecule has 1 aliphatic heterocycles. The summed E-state index contributed by atoms with van der Waals surface area (Å²) in [6.07, 6.45) is 2.36. The minimum Gasteiger partial charge on any atom is -0.388 e. The molecule has 2 aromatic rings. The Balaban J connectivity index is 1.93. The molecule has 1 aromatic heterocycles. The lowest BCUT2D eigenvalue weighted by atomic mass is 9.90. The van der Waals surface area contributed by atoms with Crippen LogP contribution in [0.5, 0.6) is 0 Å². The fourth-order valence-electron chi connectivity index (χ4n) is 2.68. The summed E-state index contributed by atoms with van der Waals surface area (Å²) in [5.74, 6) is 0.186. The van der Waals surface area contributed by atoms with Crippen molar-refractivity contribution >= 4 is 10.9 Å². The van der Waals surface area contributed by atoms with Crippen LogP contribution >= 0.6 is 0 Å². The van der Waals surface area contributed by atoms with Crippen LogP contribution in [-0.4, -0.2) is 22.8 Å². The predicted octanol–water partition coefficient (Wildman–Crippen LogP) is 2.69. The van der Waals surface area contributed by atoms with E-state index in [2.05, 4.69) is 4.98 Å². The smallest absolute Gasteiger partial charge is 0.0844 e. The fraction of sp³-hybridized carbons (Fsp3) is 0.400. The minimum atomic E-state index is -0.464. The molecule has 1 saturated heterocycles. The third kappa shape index (κ3) is 2.00.